The van der Waals surface area contributed by atoms with E-state index < -0.39 is 0 Å². The van der Waals surface area contributed by atoms with Gasteiger partial charge in [0.05, 0.1) is 13.1 Å². The van der Waals surface area contributed by atoms with Crippen LogP contribution in [0.3, 0.4) is 0 Å². The van der Waals surface area contributed by atoms with Crippen LogP contribution < -0.4 is 0 Å². The zero-order chi connectivity index (χ0) is 23.6. The van der Waals surface area contributed by atoms with E-state index in [1.807, 2.05) is 34.8 Å². The molecule has 1 heterocycles. The predicted octanol–water partition coefficient (Wildman–Crippen LogP) is 5.16. The van der Waals surface area contributed by atoms with Crippen LogP contribution in [0.1, 0.15) is 90.2 Å². The number of unbranched alkanes of at least 4 members (excludes halogenated alkanes) is 7. The van der Waals surface area contributed by atoms with E-state index in [9.17, 15) is 9.59 Å². The van der Waals surface area contributed by atoms with Gasteiger partial charge in [-0.05, 0) is 31.4 Å². The quantitative estimate of drug-likeness (QED) is 0.274. The first-order valence-electron chi connectivity index (χ1n) is 12.7. The highest BCUT2D eigenvalue weighted by Crippen LogP contribution is 2.12. The van der Waals surface area contributed by atoms with E-state index in [4.69, 9.17) is 4.74 Å². The van der Waals surface area contributed by atoms with Gasteiger partial charge in [0, 0.05) is 52.2 Å². The summed E-state index contributed by atoms with van der Waals surface area (Å²) in [5, 5.41) is 0. The first kappa shape index (κ1) is 28.2. The summed E-state index contributed by atoms with van der Waals surface area (Å²) in [7, 11) is 3.67. The van der Waals surface area contributed by atoms with Gasteiger partial charge in [0.15, 0.2) is 0 Å². The van der Waals surface area contributed by atoms with Gasteiger partial charge in [-0.2, -0.15) is 0 Å². The summed E-state index contributed by atoms with van der Waals surface area (Å²) in [6.07, 6.45) is 13.6. The van der Waals surface area contributed by atoms with Gasteiger partial charge in [0.2, 0.25) is 11.8 Å². The molecule has 0 fully saturated rings. The Morgan fingerprint density at radius 1 is 0.875 bits per heavy atom. The van der Waals surface area contributed by atoms with Crippen molar-refractivity contribution in [2.24, 2.45) is 7.05 Å². The molecule has 0 radical (unpaired) electrons. The van der Waals surface area contributed by atoms with E-state index in [1.54, 1.807) is 12.0 Å². The summed E-state index contributed by atoms with van der Waals surface area (Å²) >= 11 is 0. The Morgan fingerprint density at radius 3 is 2.16 bits per heavy atom. The van der Waals surface area contributed by atoms with Gasteiger partial charge in [-0.1, -0.05) is 58.8 Å². The molecule has 0 aliphatic heterocycles. The third-order valence-electron chi connectivity index (χ3n) is 5.99. The minimum Gasteiger partial charge on any atom is -0.385 e. The Morgan fingerprint density at radius 2 is 1.53 bits per heavy atom. The van der Waals surface area contributed by atoms with Crippen molar-refractivity contribution in [3.8, 4) is 0 Å². The van der Waals surface area contributed by atoms with Crippen molar-refractivity contribution < 1.29 is 14.3 Å². The van der Waals surface area contributed by atoms with Crippen molar-refractivity contribution in [2.75, 3.05) is 33.4 Å². The summed E-state index contributed by atoms with van der Waals surface area (Å²) in [5.41, 5.74) is 1.11. The van der Waals surface area contributed by atoms with Crippen LogP contribution in [0, 0.1) is 0 Å². The molecular weight excluding hydrogens is 402 g/mol. The Bertz CT molecular complexity index is 630. The molecule has 0 saturated carbocycles. The predicted molar refractivity (Wildman–Crippen MR) is 131 cm³/mol. The monoisotopic (exact) mass is 449 g/mol. The van der Waals surface area contributed by atoms with Crippen LogP contribution in [0.2, 0.25) is 0 Å². The third kappa shape index (κ3) is 11.7. The molecule has 1 aromatic rings. The maximum Gasteiger partial charge on any atom is 0.242 e. The number of aromatic nitrogens is 1. The number of amides is 2. The molecule has 0 aliphatic carbocycles. The fourth-order valence-electron chi connectivity index (χ4n) is 3.84. The van der Waals surface area contributed by atoms with Crippen molar-refractivity contribution >= 4 is 11.8 Å². The molecule has 32 heavy (non-hydrogen) atoms. The minimum atomic E-state index is 0.0324. The molecule has 0 unspecified atom stereocenters. The molecule has 6 heteroatoms. The van der Waals surface area contributed by atoms with Crippen LogP contribution in [0.5, 0.6) is 0 Å². The van der Waals surface area contributed by atoms with Crippen molar-refractivity contribution in [3.05, 3.63) is 24.0 Å². The van der Waals surface area contributed by atoms with Gasteiger partial charge in [-0.25, -0.2) is 0 Å². The molecule has 0 bridgehead atoms. The number of ether oxygens (including phenoxy) is 1. The normalized spacial score (nSPS) is 11.0. The Labute approximate surface area is 196 Å². The van der Waals surface area contributed by atoms with Crippen LogP contribution in [0.4, 0.5) is 0 Å². The minimum absolute atomic E-state index is 0.0324. The van der Waals surface area contributed by atoms with Gasteiger partial charge in [-0.3, -0.25) is 9.59 Å². The average Bonchev–Trinajstić information content (AvgIpc) is 3.19. The van der Waals surface area contributed by atoms with Gasteiger partial charge in [-0.15, -0.1) is 0 Å². The molecule has 1 aromatic heterocycles. The molecule has 6 nitrogen and oxygen atoms in total. The van der Waals surface area contributed by atoms with Crippen LogP contribution in [0.25, 0.3) is 0 Å². The van der Waals surface area contributed by atoms with Gasteiger partial charge < -0.3 is 19.1 Å². The van der Waals surface area contributed by atoms with Crippen LogP contribution >= 0.6 is 0 Å². The lowest BCUT2D eigenvalue weighted by atomic mass is 10.1. The second-order valence-electron chi connectivity index (χ2n) is 8.81. The molecular formula is C26H47N3O3. The SMILES string of the molecule is CCCCCCCCCC(=O)N(CCCOC)CC(=O)N(CCCC)Cc1cccn1C. The van der Waals surface area contributed by atoms with E-state index in [0.29, 0.717) is 26.1 Å². The Balaban J connectivity index is 2.64. The Kier molecular flexibility index (Phi) is 15.6. The van der Waals surface area contributed by atoms with E-state index in [2.05, 4.69) is 13.8 Å². The smallest absolute Gasteiger partial charge is 0.242 e. The highest BCUT2D eigenvalue weighted by atomic mass is 16.5. The number of rotatable bonds is 19. The number of carbonyl (C=O) groups excluding carboxylic acids is 2. The molecule has 0 aliphatic rings. The number of aryl methyl sites for hydroxylation is 1. The van der Waals surface area contributed by atoms with Gasteiger partial charge >= 0.3 is 0 Å². The topological polar surface area (TPSA) is 54.8 Å². The zero-order valence-corrected chi connectivity index (χ0v) is 21.1. The van der Waals surface area contributed by atoms with E-state index in [1.165, 1.54) is 32.1 Å². The van der Waals surface area contributed by atoms with E-state index in [0.717, 1.165) is 44.3 Å². The molecule has 2 amide bonds. The van der Waals surface area contributed by atoms with Crippen LogP contribution in [-0.4, -0.2) is 59.5 Å². The molecule has 0 saturated heterocycles. The lowest BCUT2D eigenvalue weighted by molar-refractivity contribution is -0.141. The number of carbonyl (C=O) groups is 2. The number of nitrogens with zero attached hydrogens (tertiary/aromatic N) is 3. The molecule has 0 atom stereocenters. The Hall–Kier alpha value is -1.82. The summed E-state index contributed by atoms with van der Waals surface area (Å²) in [4.78, 5) is 29.8. The molecule has 0 N–H and O–H groups in total. The second kappa shape index (κ2) is 17.7. The number of hydrogen-bond donors (Lipinski definition) is 0. The molecule has 0 aromatic carbocycles. The fraction of sp³-hybridized carbons (Fsp3) is 0.769. The van der Waals surface area contributed by atoms with E-state index in [-0.39, 0.29) is 18.4 Å². The fourth-order valence-corrected chi connectivity index (χ4v) is 3.84. The van der Waals surface area contributed by atoms with Crippen molar-refractivity contribution in [1.82, 2.24) is 14.4 Å². The van der Waals surface area contributed by atoms with Crippen LogP contribution in [-0.2, 0) is 27.9 Å². The van der Waals surface area contributed by atoms with E-state index >= 15 is 0 Å². The highest BCUT2D eigenvalue weighted by molar-refractivity contribution is 5.84. The van der Waals surface area contributed by atoms with Crippen molar-refractivity contribution in [1.29, 1.82) is 0 Å². The first-order chi connectivity index (χ1) is 15.5. The van der Waals surface area contributed by atoms with Crippen LogP contribution in [0.15, 0.2) is 18.3 Å². The average molecular weight is 450 g/mol. The lowest BCUT2D eigenvalue weighted by Gasteiger charge is -2.28. The first-order valence-corrected chi connectivity index (χ1v) is 12.7. The standard InChI is InChI=1S/C26H47N3O3/c1-5-7-9-10-11-12-13-17-25(30)29(20-15-21-32-4)23-26(31)28(19-8-6-2)22-24-16-14-18-27(24)3/h14,16,18H,5-13,15,17,19-23H2,1-4H3. The number of hydrogen-bond acceptors (Lipinski definition) is 3. The molecule has 1 rings (SSSR count). The summed E-state index contributed by atoms with van der Waals surface area (Å²) in [5.74, 6) is 0.127. The van der Waals surface area contributed by atoms with Gasteiger partial charge in [0.1, 0.15) is 0 Å². The second-order valence-corrected chi connectivity index (χ2v) is 8.81. The largest absolute Gasteiger partial charge is 0.385 e. The third-order valence-corrected chi connectivity index (χ3v) is 5.99. The zero-order valence-electron chi connectivity index (χ0n) is 21.1. The van der Waals surface area contributed by atoms with Crippen molar-refractivity contribution in [2.45, 2.75) is 91.0 Å². The number of methoxy groups -OCH3 is 1. The lowest BCUT2D eigenvalue weighted by Crippen LogP contribution is -2.43. The molecule has 184 valence electrons. The maximum atomic E-state index is 13.2. The highest BCUT2D eigenvalue weighted by Gasteiger charge is 2.21. The summed E-state index contributed by atoms with van der Waals surface area (Å²) in [6, 6.07) is 4.05. The summed E-state index contributed by atoms with van der Waals surface area (Å²) < 4.78 is 7.22. The van der Waals surface area contributed by atoms with Gasteiger partial charge in [0.25, 0.3) is 0 Å². The molecule has 0 spiro atoms. The maximum absolute atomic E-state index is 13.2. The summed E-state index contributed by atoms with van der Waals surface area (Å²) in [6.45, 7) is 6.99. The van der Waals surface area contributed by atoms with Crippen molar-refractivity contribution in [3.63, 3.8) is 0 Å².